The summed E-state index contributed by atoms with van der Waals surface area (Å²) in [7, 11) is 1.61. The van der Waals surface area contributed by atoms with Crippen molar-refractivity contribution in [3.63, 3.8) is 0 Å². The van der Waals surface area contributed by atoms with Crippen LogP contribution in [-0.4, -0.2) is 35.4 Å². The molecule has 1 saturated heterocycles. The summed E-state index contributed by atoms with van der Waals surface area (Å²) in [6, 6.07) is 18.5. The Morgan fingerprint density at radius 1 is 1.03 bits per heavy atom. The van der Waals surface area contributed by atoms with Gasteiger partial charge in [-0.2, -0.15) is 0 Å². The van der Waals surface area contributed by atoms with Crippen LogP contribution in [0.25, 0.3) is 16.5 Å². The van der Waals surface area contributed by atoms with Gasteiger partial charge in [0.15, 0.2) is 0 Å². The number of ketones is 1. The van der Waals surface area contributed by atoms with E-state index in [9.17, 15) is 14.7 Å². The van der Waals surface area contributed by atoms with E-state index in [0.717, 1.165) is 21.9 Å². The number of hydrogen-bond acceptors (Lipinski definition) is 4. The van der Waals surface area contributed by atoms with Crippen LogP contribution in [0.4, 0.5) is 0 Å². The number of hydrogen-bond donors (Lipinski definition) is 1. The molecule has 0 saturated carbocycles. The van der Waals surface area contributed by atoms with Crippen molar-refractivity contribution in [3.05, 3.63) is 82.9 Å². The number of carbonyl (C=O) groups is 2. The highest BCUT2D eigenvalue weighted by atomic mass is 16.5. The van der Waals surface area contributed by atoms with Crippen LogP contribution in [0.3, 0.4) is 0 Å². The largest absolute Gasteiger partial charge is 0.507 e. The smallest absolute Gasteiger partial charge is 0.295 e. The first-order valence-corrected chi connectivity index (χ1v) is 11.6. The lowest BCUT2D eigenvalue weighted by Crippen LogP contribution is -2.30. The molecule has 176 valence electrons. The van der Waals surface area contributed by atoms with Gasteiger partial charge < -0.3 is 14.7 Å². The van der Waals surface area contributed by atoms with Crippen molar-refractivity contribution < 1.29 is 19.4 Å². The standard InChI is InChI=1S/C29H31NO4/c1-6-16-30-25(21-13-9-11-18-10-7-8-12-20(18)21)24(27(32)28(30)33)26(31)19-14-15-23(34-5)22(17-19)29(2,3)4/h7-15,17,25,31H,6,16H2,1-5H3/b26-24+. The summed E-state index contributed by atoms with van der Waals surface area (Å²) in [5, 5.41) is 13.5. The number of benzene rings is 3. The second kappa shape index (κ2) is 8.98. The Bertz CT molecular complexity index is 1290. The van der Waals surface area contributed by atoms with Crippen molar-refractivity contribution in [1.82, 2.24) is 4.90 Å². The maximum Gasteiger partial charge on any atom is 0.295 e. The molecular weight excluding hydrogens is 426 g/mol. The third-order valence-electron chi connectivity index (χ3n) is 6.40. The summed E-state index contributed by atoms with van der Waals surface area (Å²) < 4.78 is 5.53. The maximum atomic E-state index is 13.3. The van der Waals surface area contributed by atoms with Gasteiger partial charge in [0.1, 0.15) is 11.5 Å². The molecule has 0 spiro atoms. The minimum atomic E-state index is -0.661. The van der Waals surface area contributed by atoms with Crippen molar-refractivity contribution in [2.45, 2.75) is 45.6 Å². The second-order valence-electron chi connectivity index (χ2n) is 9.73. The van der Waals surface area contributed by atoms with E-state index in [4.69, 9.17) is 4.74 Å². The molecule has 0 bridgehead atoms. The Morgan fingerprint density at radius 2 is 1.74 bits per heavy atom. The van der Waals surface area contributed by atoms with Crippen LogP contribution in [0, 0.1) is 0 Å². The maximum absolute atomic E-state index is 13.3. The monoisotopic (exact) mass is 457 g/mol. The number of amides is 1. The van der Waals surface area contributed by atoms with Crippen molar-refractivity contribution in [2.75, 3.05) is 13.7 Å². The molecule has 1 aliphatic rings. The van der Waals surface area contributed by atoms with Crippen molar-refractivity contribution in [1.29, 1.82) is 0 Å². The van der Waals surface area contributed by atoms with E-state index in [-0.39, 0.29) is 16.7 Å². The van der Waals surface area contributed by atoms with Gasteiger partial charge in [0.05, 0.1) is 18.7 Å². The number of aliphatic hydroxyl groups is 1. The SMILES string of the molecule is CCCN1C(=O)C(=O)/C(=C(/O)c2ccc(OC)c(C(C)(C)C)c2)C1c1cccc2ccccc12. The van der Waals surface area contributed by atoms with E-state index in [2.05, 4.69) is 20.8 Å². The third kappa shape index (κ3) is 3.96. The Hall–Kier alpha value is -3.60. The van der Waals surface area contributed by atoms with Crippen LogP contribution in [0.2, 0.25) is 0 Å². The number of likely N-dealkylation sites (tertiary alicyclic amines) is 1. The minimum Gasteiger partial charge on any atom is -0.507 e. The number of methoxy groups -OCH3 is 1. The Kier molecular flexibility index (Phi) is 6.22. The normalized spacial score (nSPS) is 18.0. The average Bonchev–Trinajstić information content (AvgIpc) is 3.07. The van der Waals surface area contributed by atoms with Gasteiger partial charge >= 0.3 is 0 Å². The molecule has 1 amide bonds. The first kappa shape index (κ1) is 23.6. The first-order chi connectivity index (χ1) is 16.2. The molecule has 0 aromatic heterocycles. The van der Waals surface area contributed by atoms with Gasteiger partial charge in [-0.3, -0.25) is 9.59 Å². The summed E-state index contributed by atoms with van der Waals surface area (Å²) in [6.45, 7) is 8.57. The zero-order chi connectivity index (χ0) is 24.6. The second-order valence-corrected chi connectivity index (χ2v) is 9.73. The van der Waals surface area contributed by atoms with Crippen LogP contribution >= 0.6 is 0 Å². The van der Waals surface area contributed by atoms with Crippen LogP contribution in [0.15, 0.2) is 66.2 Å². The third-order valence-corrected chi connectivity index (χ3v) is 6.40. The Morgan fingerprint density at radius 3 is 2.41 bits per heavy atom. The zero-order valence-corrected chi connectivity index (χ0v) is 20.4. The molecule has 5 nitrogen and oxygen atoms in total. The van der Waals surface area contributed by atoms with E-state index in [1.807, 2.05) is 55.5 Å². The average molecular weight is 458 g/mol. The van der Waals surface area contributed by atoms with Crippen molar-refractivity contribution in [3.8, 4) is 5.75 Å². The highest BCUT2D eigenvalue weighted by Crippen LogP contribution is 2.43. The summed E-state index contributed by atoms with van der Waals surface area (Å²) in [5.41, 5.74) is 2.11. The summed E-state index contributed by atoms with van der Waals surface area (Å²) in [5.74, 6) is -0.688. The fourth-order valence-corrected chi connectivity index (χ4v) is 4.76. The molecule has 5 heteroatoms. The topological polar surface area (TPSA) is 66.8 Å². The summed E-state index contributed by atoms with van der Waals surface area (Å²) in [6.07, 6.45) is 0.699. The molecule has 1 N–H and O–H groups in total. The number of aliphatic hydroxyl groups excluding tert-OH is 1. The van der Waals surface area contributed by atoms with Gasteiger partial charge in [0.25, 0.3) is 11.7 Å². The number of fused-ring (bicyclic) bond motifs is 1. The van der Waals surface area contributed by atoms with Gasteiger partial charge in [-0.25, -0.2) is 0 Å². The van der Waals surface area contributed by atoms with E-state index in [1.165, 1.54) is 0 Å². The molecule has 0 radical (unpaired) electrons. The van der Waals surface area contributed by atoms with Crippen LogP contribution in [0.5, 0.6) is 5.75 Å². The molecule has 3 aromatic carbocycles. The quantitative estimate of drug-likeness (QED) is 0.291. The van der Waals surface area contributed by atoms with Crippen LogP contribution in [-0.2, 0) is 15.0 Å². The molecule has 0 aliphatic carbocycles. The summed E-state index contributed by atoms with van der Waals surface area (Å²) in [4.78, 5) is 28.0. The lowest BCUT2D eigenvalue weighted by atomic mass is 9.84. The van der Waals surface area contributed by atoms with Crippen molar-refractivity contribution in [2.24, 2.45) is 0 Å². The lowest BCUT2D eigenvalue weighted by Gasteiger charge is -2.26. The van der Waals surface area contributed by atoms with Gasteiger partial charge in [-0.1, -0.05) is 70.2 Å². The number of carbonyl (C=O) groups excluding carboxylic acids is 2. The number of Topliss-reactive ketones (excluding diaryl/α,β-unsaturated/α-hetero) is 1. The number of nitrogens with zero attached hydrogens (tertiary/aromatic N) is 1. The molecule has 4 rings (SSSR count). The molecule has 1 aliphatic heterocycles. The summed E-state index contributed by atoms with van der Waals surface area (Å²) >= 11 is 0. The van der Waals surface area contributed by atoms with E-state index < -0.39 is 17.7 Å². The highest BCUT2D eigenvalue weighted by Gasteiger charge is 2.46. The zero-order valence-electron chi connectivity index (χ0n) is 20.4. The van der Waals surface area contributed by atoms with Crippen LogP contribution < -0.4 is 4.74 Å². The Labute approximate surface area is 200 Å². The van der Waals surface area contributed by atoms with Gasteiger partial charge in [-0.05, 0) is 46.4 Å². The molecule has 1 fully saturated rings. The van der Waals surface area contributed by atoms with E-state index in [1.54, 1.807) is 24.1 Å². The molecule has 3 aromatic rings. The molecule has 34 heavy (non-hydrogen) atoms. The van der Waals surface area contributed by atoms with Gasteiger partial charge in [0.2, 0.25) is 0 Å². The Balaban J connectivity index is 1.98. The molecule has 1 unspecified atom stereocenters. The predicted molar refractivity (Wildman–Crippen MR) is 135 cm³/mol. The van der Waals surface area contributed by atoms with E-state index >= 15 is 0 Å². The fraction of sp³-hybridized carbons (Fsp3) is 0.310. The number of ether oxygens (including phenoxy) is 1. The first-order valence-electron chi connectivity index (χ1n) is 11.6. The van der Waals surface area contributed by atoms with Crippen LogP contribution in [0.1, 0.15) is 56.8 Å². The molecular formula is C29H31NO4. The van der Waals surface area contributed by atoms with Gasteiger partial charge in [0, 0.05) is 17.7 Å². The minimum absolute atomic E-state index is 0.125. The highest BCUT2D eigenvalue weighted by molar-refractivity contribution is 6.46. The van der Waals surface area contributed by atoms with Crippen molar-refractivity contribution >= 4 is 28.2 Å². The number of rotatable bonds is 5. The van der Waals surface area contributed by atoms with Gasteiger partial charge in [-0.15, -0.1) is 0 Å². The molecule has 1 heterocycles. The molecule has 1 atom stereocenters. The van der Waals surface area contributed by atoms with E-state index in [0.29, 0.717) is 24.3 Å². The lowest BCUT2D eigenvalue weighted by molar-refractivity contribution is -0.139. The fourth-order valence-electron chi connectivity index (χ4n) is 4.76. The predicted octanol–water partition coefficient (Wildman–Crippen LogP) is 5.98.